The fourth-order valence-electron chi connectivity index (χ4n) is 1.42. The van der Waals surface area contributed by atoms with Gasteiger partial charge in [-0.2, -0.15) is 0 Å². The summed E-state index contributed by atoms with van der Waals surface area (Å²) in [6.07, 6.45) is 6.74. The van der Waals surface area contributed by atoms with Crippen molar-refractivity contribution >= 4 is 32.4 Å². The maximum absolute atomic E-state index is 12.4. The number of hydrogen-bond donors (Lipinski definition) is 1. The molecule has 0 amide bonds. The van der Waals surface area contributed by atoms with Crippen LogP contribution in [0.15, 0.2) is 22.1 Å². The van der Waals surface area contributed by atoms with Crippen LogP contribution in [0.25, 0.3) is 0 Å². The molecule has 0 aromatic carbocycles. The van der Waals surface area contributed by atoms with Gasteiger partial charge in [0.15, 0.2) is 0 Å². The molecule has 2 nitrogen and oxygen atoms in total. The predicted molar refractivity (Wildman–Crippen MR) is 63.3 cm³/mol. The van der Waals surface area contributed by atoms with Crippen LogP contribution >= 0.6 is 24.8 Å². The third-order valence-electron chi connectivity index (χ3n) is 2.44. The summed E-state index contributed by atoms with van der Waals surface area (Å²) in [6, 6.07) is 0. The molecule has 0 heterocycles. The van der Waals surface area contributed by atoms with E-state index in [1.165, 1.54) is 0 Å². The van der Waals surface area contributed by atoms with Crippen LogP contribution in [0.5, 0.6) is 0 Å². The number of rotatable bonds is 3. The molecule has 0 aromatic rings. The van der Waals surface area contributed by atoms with Gasteiger partial charge in [-0.1, -0.05) is 0 Å². The Bertz CT molecular complexity index is 367. The zero-order chi connectivity index (χ0) is 9.27. The summed E-state index contributed by atoms with van der Waals surface area (Å²) in [6.45, 7) is 0.0397. The van der Waals surface area contributed by atoms with Crippen LogP contribution in [0.4, 0.5) is 0 Å². The Morgan fingerprint density at radius 1 is 1.57 bits per heavy atom. The molecule has 0 aliphatic heterocycles. The Kier molecular flexibility index (Phi) is 7.02. The average Bonchev–Trinajstić information content (AvgIpc) is 2.35. The normalized spacial score (nSPS) is 15.5. The SMILES string of the molecule is Cl.Cl.[CH3][Ti](=[O])(=[SiH2])([CH2]CO)[C]1=CC=CC1. The minimum absolute atomic E-state index is 0. The molecule has 14 heavy (non-hydrogen) atoms. The molecular weight excluding hydrogens is 275 g/mol. The summed E-state index contributed by atoms with van der Waals surface area (Å²) in [5.41, 5.74) is 0. The van der Waals surface area contributed by atoms with Crippen molar-refractivity contribution < 1.29 is 22.4 Å². The zero-order valence-corrected chi connectivity index (χ0v) is 12.8. The van der Waals surface area contributed by atoms with Crippen molar-refractivity contribution in [3.8, 4) is 0 Å². The van der Waals surface area contributed by atoms with Crippen molar-refractivity contribution in [1.82, 2.24) is 0 Å². The van der Waals surface area contributed by atoms with E-state index in [0.29, 0.717) is 4.73 Å². The van der Waals surface area contributed by atoms with Gasteiger partial charge in [0.2, 0.25) is 0 Å². The van der Waals surface area contributed by atoms with Gasteiger partial charge in [-0.3, -0.25) is 0 Å². The van der Waals surface area contributed by atoms with Crippen LogP contribution in [0, 0.1) is 0 Å². The molecule has 1 rings (SSSR count). The standard InChI is InChI=1S/C5H5.C2H5O.CH3.2ClH.O.H2Si.Ti/c1-2-4-5-3-1;1-2-3;;;;;;/h1-3H,4H2;3H,1-2H2;1H3;2*1H;;1H2;. The Balaban J connectivity index is 0. The monoisotopic (exact) mass is 291 g/mol. The van der Waals surface area contributed by atoms with E-state index in [9.17, 15) is 3.32 Å². The Morgan fingerprint density at radius 3 is 2.50 bits per heavy atom. The van der Waals surface area contributed by atoms with Crippen molar-refractivity contribution in [2.24, 2.45) is 0 Å². The van der Waals surface area contributed by atoms with E-state index in [2.05, 4.69) is 0 Å². The molecule has 0 saturated heterocycles. The first-order valence-corrected chi connectivity index (χ1v) is 12.3. The van der Waals surface area contributed by atoms with E-state index in [1.54, 1.807) is 7.63 Å². The first kappa shape index (κ1) is 17.2. The summed E-state index contributed by atoms with van der Waals surface area (Å²) >= 11 is -3.59. The fourth-order valence-corrected chi connectivity index (χ4v) is 6.54. The Morgan fingerprint density at radius 2 is 2.14 bits per heavy atom. The van der Waals surface area contributed by atoms with Crippen LogP contribution in [-0.2, 0) is 17.3 Å². The quantitative estimate of drug-likeness (QED) is 0.804. The molecule has 1 aliphatic carbocycles. The van der Waals surface area contributed by atoms with Crippen LogP contribution in [0.1, 0.15) is 6.42 Å². The van der Waals surface area contributed by atoms with E-state index in [4.69, 9.17) is 5.11 Å². The number of aliphatic hydroxyl groups is 1. The average molecular weight is 292 g/mol. The Hall–Kier alpha value is 0.751. The second-order valence-electron chi connectivity index (χ2n) is 3.95. The molecule has 83 valence electrons. The van der Waals surface area contributed by atoms with E-state index in [1.807, 2.05) is 23.5 Å². The van der Waals surface area contributed by atoms with Gasteiger partial charge in [-0.05, 0) is 0 Å². The summed E-state index contributed by atoms with van der Waals surface area (Å²) in [4.78, 5) is 0. The van der Waals surface area contributed by atoms with Crippen LogP contribution < -0.4 is 0 Å². The van der Waals surface area contributed by atoms with Crippen molar-refractivity contribution in [3.05, 3.63) is 22.1 Å². The van der Waals surface area contributed by atoms with Gasteiger partial charge in [-0.25, -0.2) is 0 Å². The topological polar surface area (TPSA) is 37.3 Å². The molecule has 0 radical (unpaired) electrons. The third kappa shape index (κ3) is 4.09. The van der Waals surface area contributed by atoms with Gasteiger partial charge in [0, 0.05) is 0 Å². The van der Waals surface area contributed by atoms with Crippen LogP contribution in [0.2, 0.25) is 9.95 Å². The van der Waals surface area contributed by atoms with Crippen molar-refractivity contribution in [3.63, 3.8) is 0 Å². The van der Waals surface area contributed by atoms with E-state index < -0.39 is 14.0 Å². The van der Waals surface area contributed by atoms with E-state index in [-0.39, 0.29) is 31.4 Å². The summed E-state index contributed by atoms with van der Waals surface area (Å²) in [7, 11) is 1.62. The Labute approximate surface area is 99.5 Å². The van der Waals surface area contributed by atoms with Gasteiger partial charge in [0.25, 0.3) is 0 Å². The first-order chi connectivity index (χ1) is 5.44. The van der Waals surface area contributed by atoms with Crippen molar-refractivity contribution in [2.45, 2.75) is 16.4 Å². The third-order valence-corrected chi connectivity index (χ3v) is 11.6. The van der Waals surface area contributed by atoms with Crippen LogP contribution in [-0.4, -0.2) is 19.3 Å². The molecule has 1 N–H and O–H groups in total. The second kappa shape index (κ2) is 5.73. The molecular formula is C8H17Cl2O2SiTi. The minimum atomic E-state index is -3.59. The molecule has 0 aromatic heterocycles. The van der Waals surface area contributed by atoms with Crippen molar-refractivity contribution in [1.29, 1.82) is 0 Å². The van der Waals surface area contributed by atoms with E-state index >= 15 is 0 Å². The molecule has 0 atom stereocenters. The van der Waals surface area contributed by atoms with Gasteiger partial charge in [-0.15, -0.1) is 24.8 Å². The molecule has 0 bridgehead atoms. The van der Waals surface area contributed by atoms with Gasteiger partial charge >= 0.3 is 75.2 Å². The molecule has 6 heteroatoms. The zero-order valence-electron chi connectivity index (χ0n) is 8.23. The number of aliphatic hydroxyl groups excluding tert-OH is 1. The van der Waals surface area contributed by atoms with E-state index in [0.717, 1.165) is 10.3 Å². The molecule has 0 fully saturated rings. The molecule has 1 aliphatic rings. The number of hydrogen-bond acceptors (Lipinski definition) is 2. The van der Waals surface area contributed by atoms with Gasteiger partial charge in [0.05, 0.1) is 0 Å². The van der Waals surface area contributed by atoms with Crippen LogP contribution in [0.3, 0.4) is 0 Å². The summed E-state index contributed by atoms with van der Waals surface area (Å²) < 4.78 is 14.0. The van der Waals surface area contributed by atoms with Gasteiger partial charge < -0.3 is 0 Å². The number of halogens is 2. The first-order valence-electron chi connectivity index (χ1n) is 4.19. The molecule has 0 spiro atoms. The molecule has 0 unspecified atom stereocenters. The van der Waals surface area contributed by atoms with Crippen molar-refractivity contribution in [2.75, 3.05) is 6.61 Å². The predicted octanol–water partition coefficient (Wildman–Crippen LogP) is 1.72. The molecule has 0 saturated carbocycles. The summed E-state index contributed by atoms with van der Waals surface area (Å²) in [5, 5.41) is 10.7. The number of allylic oxidation sites excluding steroid dienone is 4. The second-order valence-corrected chi connectivity index (χ2v) is 20.1. The van der Waals surface area contributed by atoms with Gasteiger partial charge in [0.1, 0.15) is 0 Å². The summed E-state index contributed by atoms with van der Waals surface area (Å²) in [5.74, 6) is 0. The fraction of sp³-hybridized carbons (Fsp3) is 0.500. The maximum atomic E-state index is 12.4.